The van der Waals surface area contributed by atoms with Gasteiger partial charge in [0.2, 0.25) is 6.79 Å². The van der Waals surface area contributed by atoms with Gasteiger partial charge in [0, 0.05) is 23.7 Å². The number of benzene rings is 2. The van der Waals surface area contributed by atoms with Crippen molar-refractivity contribution in [2.24, 2.45) is 5.92 Å². The van der Waals surface area contributed by atoms with Crippen LogP contribution >= 0.6 is 0 Å². The lowest BCUT2D eigenvalue weighted by molar-refractivity contribution is -0.131. The van der Waals surface area contributed by atoms with Gasteiger partial charge in [0.1, 0.15) is 18.5 Å². The van der Waals surface area contributed by atoms with Gasteiger partial charge in [-0.25, -0.2) is 9.59 Å². The largest absolute Gasteiger partial charge is 0.491 e. The SMILES string of the molecule is C[C@@H](/C=C/C(=O)O)[C@H](OC(=O)Nc1ccc2c(c1)OCO2)c1cccc(OCCO)c1. The Morgan fingerprint density at radius 3 is 2.77 bits per heavy atom. The van der Waals surface area contributed by atoms with Crippen molar-refractivity contribution in [2.75, 3.05) is 25.3 Å². The number of ether oxygens (including phenoxy) is 4. The monoisotopic (exact) mass is 429 g/mol. The van der Waals surface area contributed by atoms with Crippen LogP contribution in [0.15, 0.2) is 54.6 Å². The van der Waals surface area contributed by atoms with Crippen LogP contribution < -0.4 is 19.5 Å². The van der Waals surface area contributed by atoms with Crippen molar-refractivity contribution in [3.8, 4) is 17.2 Å². The van der Waals surface area contributed by atoms with Crippen LogP contribution in [0.5, 0.6) is 17.2 Å². The molecule has 2 aromatic rings. The summed E-state index contributed by atoms with van der Waals surface area (Å²) in [5.41, 5.74) is 1.07. The van der Waals surface area contributed by atoms with E-state index in [1.165, 1.54) is 6.08 Å². The second kappa shape index (κ2) is 10.4. The molecule has 0 unspecified atom stereocenters. The molecule has 0 spiro atoms. The van der Waals surface area contributed by atoms with Crippen molar-refractivity contribution in [2.45, 2.75) is 13.0 Å². The number of hydrogen-bond acceptors (Lipinski definition) is 7. The first-order valence-electron chi connectivity index (χ1n) is 9.58. The van der Waals surface area contributed by atoms with Crippen LogP contribution in [-0.4, -0.2) is 42.3 Å². The average molecular weight is 429 g/mol. The number of carboxylic acids is 1. The number of amides is 1. The average Bonchev–Trinajstić information content (AvgIpc) is 3.22. The predicted octanol–water partition coefficient (Wildman–Crippen LogP) is 3.35. The van der Waals surface area contributed by atoms with Crippen LogP contribution in [0.1, 0.15) is 18.6 Å². The summed E-state index contributed by atoms with van der Waals surface area (Å²) in [5, 5.41) is 20.5. The normalized spacial score (nSPS) is 14.1. The van der Waals surface area contributed by atoms with Crippen LogP contribution in [0.25, 0.3) is 0 Å². The Balaban J connectivity index is 1.77. The van der Waals surface area contributed by atoms with Gasteiger partial charge in [-0.15, -0.1) is 0 Å². The number of carbonyl (C=O) groups is 2. The molecule has 9 heteroatoms. The number of aliphatic carboxylic acids is 1. The molecule has 1 heterocycles. The number of carboxylic acid groups (broad SMARTS) is 1. The van der Waals surface area contributed by atoms with E-state index < -0.39 is 24.1 Å². The fourth-order valence-electron chi connectivity index (χ4n) is 3.00. The third kappa shape index (κ3) is 6.13. The summed E-state index contributed by atoms with van der Waals surface area (Å²) in [6.45, 7) is 1.83. The molecule has 1 aliphatic rings. The lowest BCUT2D eigenvalue weighted by atomic mass is 9.96. The summed E-state index contributed by atoms with van der Waals surface area (Å²) in [5.74, 6) is 0.0395. The van der Waals surface area contributed by atoms with Gasteiger partial charge in [0.05, 0.1) is 6.61 Å². The second-order valence-corrected chi connectivity index (χ2v) is 6.72. The summed E-state index contributed by atoms with van der Waals surface area (Å²) in [4.78, 5) is 23.5. The van der Waals surface area contributed by atoms with Crippen molar-refractivity contribution < 1.29 is 38.7 Å². The van der Waals surface area contributed by atoms with Gasteiger partial charge < -0.3 is 29.2 Å². The molecule has 1 amide bonds. The Bertz CT molecular complexity index is 958. The van der Waals surface area contributed by atoms with Gasteiger partial charge in [0.25, 0.3) is 0 Å². The number of rotatable bonds is 9. The summed E-state index contributed by atoms with van der Waals surface area (Å²) in [6, 6.07) is 11.8. The quantitative estimate of drug-likeness (QED) is 0.519. The number of fused-ring (bicyclic) bond motifs is 1. The Hall–Kier alpha value is -3.72. The van der Waals surface area contributed by atoms with Gasteiger partial charge in [-0.3, -0.25) is 5.32 Å². The molecule has 0 bridgehead atoms. The summed E-state index contributed by atoms with van der Waals surface area (Å²) in [6.07, 6.45) is 0.939. The van der Waals surface area contributed by atoms with E-state index in [1.54, 1.807) is 49.4 Å². The molecule has 164 valence electrons. The maximum Gasteiger partial charge on any atom is 0.412 e. The topological polar surface area (TPSA) is 124 Å². The minimum atomic E-state index is -1.10. The summed E-state index contributed by atoms with van der Waals surface area (Å²) >= 11 is 0. The number of aliphatic hydroxyl groups is 1. The van der Waals surface area contributed by atoms with E-state index in [0.717, 1.165) is 6.08 Å². The molecule has 1 aliphatic heterocycles. The minimum Gasteiger partial charge on any atom is -0.491 e. The van der Waals surface area contributed by atoms with Crippen molar-refractivity contribution >= 4 is 17.7 Å². The molecule has 2 atom stereocenters. The number of anilines is 1. The third-order valence-corrected chi connectivity index (χ3v) is 4.42. The van der Waals surface area contributed by atoms with Crippen LogP contribution in [-0.2, 0) is 9.53 Å². The molecule has 3 N–H and O–H groups in total. The predicted molar refractivity (Wildman–Crippen MR) is 110 cm³/mol. The number of hydrogen-bond donors (Lipinski definition) is 3. The number of carbonyl (C=O) groups excluding carboxylic acids is 1. The van der Waals surface area contributed by atoms with E-state index in [-0.39, 0.29) is 20.0 Å². The van der Waals surface area contributed by atoms with Crippen LogP contribution in [0, 0.1) is 5.92 Å². The fraction of sp³-hybridized carbons (Fsp3) is 0.273. The summed E-state index contributed by atoms with van der Waals surface area (Å²) in [7, 11) is 0. The Labute approximate surface area is 178 Å². The van der Waals surface area contributed by atoms with Crippen molar-refractivity contribution in [1.29, 1.82) is 0 Å². The molecule has 0 aliphatic carbocycles. The standard InChI is InChI=1S/C22H23NO8/c1-14(5-8-20(25)26)21(15-3-2-4-17(11-15)28-10-9-24)31-22(27)23-16-6-7-18-19(12-16)30-13-29-18/h2-8,11-12,14,21,24H,9-10,13H2,1H3,(H,23,27)(H,25,26)/b8-5+/t14-,21-/m0/s1. The van der Waals surface area contributed by atoms with E-state index in [2.05, 4.69) is 5.32 Å². The highest BCUT2D eigenvalue weighted by atomic mass is 16.7. The van der Waals surface area contributed by atoms with Crippen molar-refractivity contribution in [3.63, 3.8) is 0 Å². The molecule has 0 fully saturated rings. The van der Waals surface area contributed by atoms with E-state index in [4.69, 9.17) is 29.2 Å². The van der Waals surface area contributed by atoms with Crippen LogP contribution in [0.4, 0.5) is 10.5 Å². The lowest BCUT2D eigenvalue weighted by Crippen LogP contribution is -2.21. The highest BCUT2D eigenvalue weighted by Gasteiger charge is 2.23. The smallest absolute Gasteiger partial charge is 0.412 e. The van der Waals surface area contributed by atoms with Crippen molar-refractivity contribution in [1.82, 2.24) is 0 Å². The molecule has 2 aromatic carbocycles. The lowest BCUT2D eigenvalue weighted by Gasteiger charge is -2.23. The third-order valence-electron chi connectivity index (χ3n) is 4.42. The molecule has 3 rings (SSSR count). The van der Waals surface area contributed by atoms with Gasteiger partial charge in [-0.1, -0.05) is 25.1 Å². The van der Waals surface area contributed by atoms with E-state index in [0.29, 0.717) is 28.5 Å². The van der Waals surface area contributed by atoms with Gasteiger partial charge in [0.15, 0.2) is 11.5 Å². The molecule has 0 saturated heterocycles. The minimum absolute atomic E-state index is 0.118. The van der Waals surface area contributed by atoms with Crippen molar-refractivity contribution in [3.05, 3.63) is 60.2 Å². The van der Waals surface area contributed by atoms with Gasteiger partial charge in [-0.05, 0) is 29.8 Å². The summed E-state index contributed by atoms with van der Waals surface area (Å²) < 4.78 is 21.6. The zero-order valence-electron chi connectivity index (χ0n) is 16.8. The first-order valence-corrected chi connectivity index (χ1v) is 9.58. The molecular weight excluding hydrogens is 406 g/mol. The second-order valence-electron chi connectivity index (χ2n) is 6.72. The Morgan fingerprint density at radius 2 is 2.00 bits per heavy atom. The first kappa shape index (κ1) is 22.0. The number of nitrogens with one attached hydrogen (secondary N) is 1. The molecule has 0 aromatic heterocycles. The fourth-order valence-corrected chi connectivity index (χ4v) is 3.00. The van der Waals surface area contributed by atoms with Gasteiger partial charge in [-0.2, -0.15) is 0 Å². The van der Waals surface area contributed by atoms with E-state index >= 15 is 0 Å². The molecular formula is C22H23NO8. The highest BCUT2D eigenvalue weighted by Crippen LogP contribution is 2.35. The first-order chi connectivity index (χ1) is 15.0. The zero-order valence-corrected chi connectivity index (χ0v) is 16.8. The molecule has 0 radical (unpaired) electrons. The maximum absolute atomic E-state index is 12.6. The Morgan fingerprint density at radius 1 is 1.19 bits per heavy atom. The molecule has 31 heavy (non-hydrogen) atoms. The maximum atomic E-state index is 12.6. The van der Waals surface area contributed by atoms with Crippen LogP contribution in [0.3, 0.4) is 0 Å². The molecule has 0 saturated carbocycles. The van der Waals surface area contributed by atoms with Crippen LogP contribution in [0.2, 0.25) is 0 Å². The van der Waals surface area contributed by atoms with E-state index in [9.17, 15) is 9.59 Å². The highest BCUT2D eigenvalue weighted by molar-refractivity contribution is 5.85. The molecule has 9 nitrogen and oxygen atoms in total. The zero-order chi connectivity index (χ0) is 22.2. The number of aliphatic hydroxyl groups excluding tert-OH is 1. The Kier molecular flexibility index (Phi) is 7.34. The van der Waals surface area contributed by atoms with Gasteiger partial charge >= 0.3 is 12.1 Å². The van der Waals surface area contributed by atoms with E-state index in [1.807, 2.05) is 0 Å².